The minimum atomic E-state index is -0.124. The predicted octanol–water partition coefficient (Wildman–Crippen LogP) is 3.62. The summed E-state index contributed by atoms with van der Waals surface area (Å²) in [6, 6.07) is 13.6. The Kier molecular flexibility index (Phi) is 4.48. The van der Waals surface area contributed by atoms with Gasteiger partial charge in [0, 0.05) is 44.0 Å². The molecule has 1 aromatic carbocycles. The first-order valence-electron chi connectivity index (χ1n) is 9.47. The standard InChI is InChI=1S/C21H19N5O2S/c1-14-4-6-15(7-5-14)17-13-18(28-24-17)20(27)25-9-11-26(12-10-25)21-23-16-3-2-8-22-19(16)29-21/h2-8,13H,9-12H2,1H3. The third kappa shape index (κ3) is 3.47. The smallest absolute Gasteiger partial charge is 0.292 e. The molecule has 0 spiro atoms. The number of carbonyl (C=O) groups is 1. The van der Waals surface area contributed by atoms with E-state index in [1.54, 1.807) is 23.6 Å². The molecule has 0 saturated carbocycles. The molecule has 1 amide bonds. The van der Waals surface area contributed by atoms with Crippen molar-refractivity contribution in [3.63, 3.8) is 0 Å². The first-order chi connectivity index (χ1) is 14.2. The number of fused-ring (bicyclic) bond motifs is 1. The number of rotatable bonds is 3. The maximum Gasteiger partial charge on any atom is 0.292 e. The van der Waals surface area contributed by atoms with E-state index in [-0.39, 0.29) is 11.7 Å². The summed E-state index contributed by atoms with van der Waals surface area (Å²) < 4.78 is 5.34. The van der Waals surface area contributed by atoms with Gasteiger partial charge in [-0.2, -0.15) is 0 Å². The first kappa shape index (κ1) is 17.8. The number of anilines is 1. The Morgan fingerprint density at radius 1 is 1.10 bits per heavy atom. The van der Waals surface area contributed by atoms with Crippen molar-refractivity contribution in [2.75, 3.05) is 31.1 Å². The van der Waals surface area contributed by atoms with E-state index < -0.39 is 0 Å². The Labute approximate surface area is 171 Å². The van der Waals surface area contributed by atoms with Gasteiger partial charge >= 0.3 is 0 Å². The number of hydrogen-bond acceptors (Lipinski definition) is 7. The van der Waals surface area contributed by atoms with Gasteiger partial charge in [-0.1, -0.05) is 46.3 Å². The molecule has 4 heterocycles. The van der Waals surface area contributed by atoms with Gasteiger partial charge in [0.2, 0.25) is 5.76 Å². The number of pyridine rings is 1. The number of aryl methyl sites for hydroxylation is 1. The van der Waals surface area contributed by atoms with Gasteiger partial charge in [0.05, 0.1) is 0 Å². The van der Waals surface area contributed by atoms with Crippen LogP contribution in [0.2, 0.25) is 0 Å². The van der Waals surface area contributed by atoms with Crippen LogP contribution in [0.5, 0.6) is 0 Å². The predicted molar refractivity (Wildman–Crippen MR) is 112 cm³/mol. The van der Waals surface area contributed by atoms with Crippen LogP contribution in [0, 0.1) is 6.92 Å². The Morgan fingerprint density at radius 2 is 1.90 bits per heavy atom. The highest BCUT2D eigenvalue weighted by Gasteiger charge is 2.26. The second-order valence-electron chi connectivity index (χ2n) is 7.05. The number of benzene rings is 1. The lowest BCUT2D eigenvalue weighted by atomic mass is 10.1. The maximum absolute atomic E-state index is 12.8. The molecule has 29 heavy (non-hydrogen) atoms. The number of piperazine rings is 1. The van der Waals surface area contributed by atoms with Gasteiger partial charge in [-0.25, -0.2) is 9.97 Å². The molecule has 1 saturated heterocycles. The fourth-order valence-electron chi connectivity index (χ4n) is 3.39. The van der Waals surface area contributed by atoms with Crippen LogP contribution in [-0.4, -0.2) is 52.1 Å². The molecule has 0 bridgehead atoms. The highest BCUT2D eigenvalue weighted by Crippen LogP contribution is 2.28. The van der Waals surface area contributed by atoms with Crippen molar-refractivity contribution in [2.24, 2.45) is 0 Å². The third-order valence-corrected chi connectivity index (χ3v) is 6.10. The SMILES string of the molecule is Cc1ccc(-c2cc(C(=O)N3CCN(c4nc5cccnc5s4)CC3)on2)cc1. The van der Waals surface area contributed by atoms with E-state index in [0.29, 0.717) is 18.8 Å². The lowest BCUT2D eigenvalue weighted by Gasteiger charge is -2.33. The van der Waals surface area contributed by atoms with Crippen molar-refractivity contribution < 1.29 is 9.32 Å². The molecule has 5 rings (SSSR count). The van der Waals surface area contributed by atoms with Crippen LogP contribution < -0.4 is 4.90 Å². The molecule has 0 N–H and O–H groups in total. The number of carbonyl (C=O) groups excluding carboxylic acids is 1. The van der Waals surface area contributed by atoms with Crippen LogP contribution >= 0.6 is 11.3 Å². The Balaban J connectivity index is 1.26. The molecular formula is C21H19N5O2S. The summed E-state index contributed by atoms with van der Waals surface area (Å²) in [7, 11) is 0. The fraction of sp³-hybridized carbons (Fsp3) is 0.238. The highest BCUT2D eigenvalue weighted by molar-refractivity contribution is 7.21. The Hall–Kier alpha value is -3.26. The van der Waals surface area contributed by atoms with E-state index in [1.165, 1.54) is 5.56 Å². The highest BCUT2D eigenvalue weighted by atomic mass is 32.1. The van der Waals surface area contributed by atoms with E-state index in [1.807, 2.05) is 48.2 Å². The van der Waals surface area contributed by atoms with Crippen molar-refractivity contribution in [1.29, 1.82) is 0 Å². The third-order valence-electron chi connectivity index (χ3n) is 5.06. The zero-order valence-corrected chi connectivity index (χ0v) is 16.7. The average molecular weight is 405 g/mol. The summed E-state index contributed by atoms with van der Waals surface area (Å²) in [6.07, 6.45) is 1.78. The van der Waals surface area contributed by atoms with Gasteiger partial charge in [0.1, 0.15) is 16.0 Å². The largest absolute Gasteiger partial charge is 0.350 e. The molecule has 8 heteroatoms. The van der Waals surface area contributed by atoms with Crippen molar-refractivity contribution in [3.8, 4) is 11.3 Å². The number of aromatic nitrogens is 3. The van der Waals surface area contributed by atoms with Gasteiger partial charge in [-0.3, -0.25) is 4.79 Å². The van der Waals surface area contributed by atoms with Crippen molar-refractivity contribution in [3.05, 3.63) is 60.0 Å². The lowest BCUT2D eigenvalue weighted by molar-refractivity contribution is 0.0705. The lowest BCUT2D eigenvalue weighted by Crippen LogP contribution is -2.48. The molecule has 0 atom stereocenters. The zero-order valence-electron chi connectivity index (χ0n) is 15.9. The summed E-state index contributed by atoms with van der Waals surface area (Å²) in [5.74, 6) is 0.152. The van der Waals surface area contributed by atoms with Gasteiger partial charge < -0.3 is 14.3 Å². The summed E-state index contributed by atoms with van der Waals surface area (Å²) >= 11 is 1.58. The molecule has 0 aliphatic carbocycles. The molecule has 1 aliphatic heterocycles. The van der Waals surface area contributed by atoms with E-state index in [4.69, 9.17) is 4.52 Å². The molecule has 3 aromatic heterocycles. The minimum absolute atomic E-state index is 0.124. The number of thiazole rings is 1. The van der Waals surface area contributed by atoms with Gasteiger partial charge in [-0.15, -0.1) is 0 Å². The molecule has 1 aliphatic rings. The van der Waals surface area contributed by atoms with Crippen LogP contribution in [0.15, 0.2) is 53.2 Å². The Morgan fingerprint density at radius 3 is 2.66 bits per heavy atom. The summed E-state index contributed by atoms with van der Waals surface area (Å²) in [5.41, 5.74) is 3.70. The molecule has 146 valence electrons. The van der Waals surface area contributed by atoms with Crippen molar-refractivity contribution >= 4 is 32.7 Å². The topological polar surface area (TPSA) is 75.4 Å². The quantitative estimate of drug-likeness (QED) is 0.518. The maximum atomic E-state index is 12.8. The molecule has 0 radical (unpaired) electrons. The van der Waals surface area contributed by atoms with Crippen molar-refractivity contribution in [1.82, 2.24) is 20.0 Å². The van der Waals surface area contributed by atoms with Crippen molar-refractivity contribution in [2.45, 2.75) is 6.92 Å². The number of hydrogen-bond donors (Lipinski definition) is 0. The zero-order chi connectivity index (χ0) is 19.8. The first-order valence-corrected chi connectivity index (χ1v) is 10.3. The molecular weight excluding hydrogens is 386 g/mol. The van der Waals surface area contributed by atoms with E-state index >= 15 is 0 Å². The van der Waals surface area contributed by atoms with Gasteiger partial charge in [0.15, 0.2) is 5.13 Å². The van der Waals surface area contributed by atoms with Crippen LogP contribution in [0.4, 0.5) is 5.13 Å². The van der Waals surface area contributed by atoms with E-state index in [0.717, 1.165) is 34.1 Å². The van der Waals surface area contributed by atoms with Crippen LogP contribution in [0.1, 0.15) is 16.1 Å². The molecule has 1 fully saturated rings. The summed E-state index contributed by atoms with van der Waals surface area (Å²) in [6.45, 7) is 4.71. The van der Waals surface area contributed by atoms with Gasteiger partial charge in [-0.05, 0) is 19.1 Å². The average Bonchev–Trinajstić information content (AvgIpc) is 3.41. The molecule has 7 nitrogen and oxygen atoms in total. The molecule has 4 aromatic rings. The second kappa shape index (κ2) is 7.29. The molecule has 0 unspecified atom stereocenters. The van der Waals surface area contributed by atoms with Gasteiger partial charge in [0.25, 0.3) is 5.91 Å². The van der Waals surface area contributed by atoms with Crippen LogP contribution in [0.3, 0.4) is 0 Å². The minimum Gasteiger partial charge on any atom is -0.350 e. The summed E-state index contributed by atoms with van der Waals surface area (Å²) in [5, 5.41) is 5.02. The number of nitrogens with zero attached hydrogens (tertiary/aromatic N) is 5. The normalized spacial score (nSPS) is 14.5. The van der Waals surface area contributed by atoms with E-state index in [2.05, 4.69) is 20.0 Å². The second-order valence-corrected chi connectivity index (χ2v) is 8.00. The van der Waals surface area contributed by atoms with Crippen LogP contribution in [-0.2, 0) is 0 Å². The summed E-state index contributed by atoms with van der Waals surface area (Å²) in [4.78, 5) is 26.8. The monoisotopic (exact) mass is 405 g/mol. The van der Waals surface area contributed by atoms with Crippen LogP contribution in [0.25, 0.3) is 21.6 Å². The van der Waals surface area contributed by atoms with E-state index in [9.17, 15) is 4.79 Å². The fourth-order valence-corrected chi connectivity index (χ4v) is 4.35. The Bertz CT molecular complexity index is 1130. The number of amides is 1.